The highest BCUT2D eigenvalue weighted by molar-refractivity contribution is 6.34. The number of rotatable bonds is 6. The van der Waals surface area contributed by atoms with Crippen LogP contribution >= 0.6 is 11.6 Å². The van der Waals surface area contributed by atoms with Crippen LogP contribution in [-0.4, -0.2) is 27.9 Å². The molecule has 0 bridgehead atoms. The number of hydrogen-bond acceptors (Lipinski definition) is 2. The number of alkyl halides is 10. The number of benzene rings is 2. The SMILES string of the molecule is O=C(CC1CC1)c1cc(-c2cnn(-c3ccc(C(F)(C(F)(F)F)C(F)(F)F)cc3C(F)(F)F)c2)ccc1Cl. The molecule has 1 fully saturated rings. The zero-order chi connectivity index (χ0) is 28.3. The molecule has 2 aromatic carbocycles. The Hall–Kier alpha value is -3.09. The molecule has 0 amide bonds. The van der Waals surface area contributed by atoms with E-state index in [4.69, 9.17) is 11.6 Å². The first-order valence-corrected chi connectivity index (χ1v) is 11.2. The van der Waals surface area contributed by atoms with Crippen LogP contribution in [0.4, 0.5) is 43.9 Å². The van der Waals surface area contributed by atoms with Crippen molar-refractivity contribution < 1.29 is 48.7 Å². The molecule has 4 rings (SSSR count). The van der Waals surface area contributed by atoms with Gasteiger partial charge in [0, 0.05) is 29.3 Å². The Bertz CT molecular complexity index is 1360. The summed E-state index contributed by atoms with van der Waals surface area (Å²) >= 11 is 6.11. The lowest BCUT2D eigenvalue weighted by Crippen LogP contribution is -2.50. The summed E-state index contributed by atoms with van der Waals surface area (Å²) in [5.41, 5.74) is -10.6. The third kappa shape index (κ3) is 5.12. The highest BCUT2D eigenvalue weighted by Crippen LogP contribution is 2.54. The summed E-state index contributed by atoms with van der Waals surface area (Å²) in [7, 11) is 0. The Balaban J connectivity index is 1.77. The van der Waals surface area contributed by atoms with Crippen molar-refractivity contribution in [2.24, 2.45) is 5.92 Å². The van der Waals surface area contributed by atoms with Crippen LogP contribution in [0.2, 0.25) is 5.02 Å². The first-order valence-electron chi connectivity index (χ1n) is 10.9. The predicted octanol–water partition coefficient (Wildman–Crippen LogP) is 8.48. The van der Waals surface area contributed by atoms with Gasteiger partial charge >= 0.3 is 24.2 Å². The zero-order valence-electron chi connectivity index (χ0n) is 18.8. The van der Waals surface area contributed by atoms with E-state index >= 15 is 0 Å². The number of carbonyl (C=O) groups excluding carboxylic acids is 1. The molecule has 1 aliphatic carbocycles. The van der Waals surface area contributed by atoms with Gasteiger partial charge < -0.3 is 0 Å². The third-order valence-corrected chi connectivity index (χ3v) is 6.41. The Morgan fingerprint density at radius 3 is 2.08 bits per heavy atom. The van der Waals surface area contributed by atoms with Crippen LogP contribution in [0.3, 0.4) is 0 Å². The first kappa shape index (κ1) is 27.9. The van der Waals surface area contributed by atoms with Gasteiger partial charge in [0.2, 0.25) is 0 Å². The molecule has 1 heterocycles. The number of aromatic nitrogens is 2. The summed E-state index contributed by atoms with van der Waals surface area (Å²) in [5, 5.41) is 3.90. The van der Waals surface area contributed by atoms with Gasteiger partial charge in [-0.2, -0.15) is 44.6 Å². The number of ketones is 1. The summed E-state index contributed by atoms with van der Waals surface area (Å²) in [6.07, 6.45) is -14.4. The van der Waals surface area contributed by atoms with Crippen LogP contribution in [0.15, 0.2) is 48.8 Å². The van der Waals surface area contributed by atoms with E-state index in [-0.39, 0.29) is 46.4 Å². The fraction of sp³-hybridized carbons (Fsp3) is 0.333. The molecule has 0 aliphatic heterocycles. The molecule has 1 saturated carbocycles. The Labute approximate surface area is 213 Å². The molecule has 0 N–H and O–H groups in total. The fourth-order valence-corrected chi connectivity index (χ4v) is 4.10. The van der Waals surface area contributed by atoms with Crippen LogP contribution in [0.25, 0.3) is 16.8 Å². The molecule has 3 nitrogen and oxygen atoms in total. The van der Waals surface area contributed by atoms with Crippen LogP contribution in [-0.2, 0) is 11.8 Å². The lowest BCUT2D eigenvalue weighted by atomic mass is 9.92. The topological polar surface area (TPSA) is 34.9 Å². The summed E-state index contributed by atoms with van der Waals surface area (Å²) in [6, 6.07) is 3.98. The molecule has 38 heavy (non-hydrogen) atoms. The summed E-state index contributed by atoms with van der Waals surface area (Å²) in [5.74, 6) is 0.0252. The van der Waals surface area contributed by atoms with E-state index in [1.54, 1.807) is 0 Å². The molecular weight excluding hydrogens is 558 g/mol. The molecular formula is C24H15ClF10N2O. The van der Waals surface area contributed by atoms with E-state index < -0.39 is 47.1 Å². The Kier molecular flexibility index (Phi) is 6.82. The highest BCUT2D eigenvalue weighted by Gasteiger charge is 2.73. The second kappa shape index (κ2) is 9.28. The minimum Gasteiger partial charge on any atom is -0.294 e. The van der Waals surface area contributed by atoms with Gasteiger partial charge in [-0.15, -0.1) is 0 Å². The van der Waals surface area contributed by atoms with Crippen molar-refractivity contribution in [3.63, 3.8) is 0 Å². The van der Waals surface area contributed by atoms with Crippen molar-refractivity contribution in [1.82, 2.24) is 9.78 Å². The standard InChI is InChI=1S/C24H15ClF10N2O/c25-18-5-3-13(8-16(18)20(38)7-12-1-2-12)14-10-36-37(11-14)19-6-4-15(9-17(19)22(27,28)29)21(26,23(30,31)32)24(33,34)35/h3-6,8-12H,1-2,7H2. The zero-order valence-corrected chi connectivity index (χ0v) is 19.5. The normalized spacial score (nSPS) is 15.1. The van der Waals surface area contributed by atoms with Crippen LogP contribution in [0, 0.1) is 5.92 Å². The molecule has 1 aliphatic rings. The van der Waals surface area contributed by atoms with Gasteiger partial charge in [-0.1, -0.05) is 23.7 Å². The van der Waals surface area contributed by atoms with Gasteiger partial charge in [0.1, 0.15) is 0 Å². The molecule has 1 aromatic heterocycles. The molecule has 0 unspecified atom stereocenters. The molecule has 3 aromatic rings. The molecule has 0 spiro atoms. The second-order valence-electron chi connectivity index (χ2n) is 8.82. The van der Waals surface area contributed by atoms with Gasteiger partial charge in [0.25, 0.3) is 0 Å². The summed E-state index contributed by atoms with van der Waals surface area (Å²) in [6.45, 7) is 0. The third-order valence-electron chi connectivity index (χ3n) is 6.08. The predicted molar refractivity (Wildman–Crippen MR) is 116 cm³/mol. The Morgan fingerprint density at radius 1 is 0.895 bits per heavy atom. The minimum absolute atomic E-state index is 0.0240. The smallest absolute Gasteiger partial charge is 0.294 e. The van der Waals surface area contributed by atoms with Crippen LogP contribution in [0.1, 0.15) is 40.7 Å². The van der Waals surface area contributed by atoms with Gasteiger partial charge in [0.15, 0.2) is 5.78 Å². The maximum atomic E-state index is 14.4. The van der Waals surface area contributed by atoms with E-state index in [1.165, 1.54) is 18.2 Å². The lowest BCUT2D eigenvalue weighted by Gasteiger charge is -2.31. The Morgan fingerprint density at radius 2 is 1.53 bits per heavy atom. The quantitative estimate of drug-likeness (QED) is 0.219. The van der Waals surface area contributed by atoms with Crippen molar-refractivity contribution in [2.75, 3.05) is 0 Å². The van der Waals surface area contributed by atoms with Crippen molar-refractivity contribution >= 4 is 17.4 Å². The highest BCUT2D eigenvalue weighted by atomic mass is 35.5. The molecule has 14 heteroatoms. The molecule has 0 saturated heterocycles. The molecule has 204 valence electrons. The van der Waals surface area contributed by atoms with E-state index in [0.717, 1.165) is 25.2 Å². The number of nitrogens with zero attached hydrogens (tertiary/aromatic N) is 2. The van der Waals surface area contributed by atoms with Gasteiger partial charge in [0.05, 0.1) is 22.5 Å². The average Bonchev–Trinajstić information content (AvgIpc) is 3.48. The van der Waals surface area contributed by atoms with Crippen molar-refractivity contribution in [3.8, 4) is 16.8 Å². The van der Waals surface area contributed by atoms with Gasteiger partial charge in [-0.25, -0.2) is 9.07 Å². The van der Waals surface area contributed by atoms with E-state index in [1.807, 2.05) is 0 Å². The summed E-state index contributed by atoms with van der Waals surface area (Å²) in [4.78, 5) is 12.5. The average molecular weight is 573 g/mol. The van der Waals surface area contributed by atoms with Gasteiger partial charge in [-0.3, -0.25) is 4.79 Å². The van der Waals surface area contributed by atoms with Crippen molar-refractivity contribution in [2.45, 2.75) is 43.5 Å². The van der Waals surface area contributed by atoms with Crippen LogP contribution < -0.4 is 0 Å². The van der Waals surface area contributed by atoms with Crippen molar-refractivity contribution in [3.05, 3.63) is 70.5 Å². The van der Waals surface area contributed by atoms with E-state index in [2.05, 4.69) is 5.10 Å². The minimum atomic E-state index is -6.59. The maximum absolute atomic E-state index is 14.4. The van der Waals surface area contributed by atoms with E-state index in [0.29, 0.717) is 10.2 Å². The molecule has 0 radical (unpaired) electrons. The largest absolute Gasteiger partial charge is 0.435 e. The van der Waals surface area contributed by atoms with Gasteiger partial charge in [-0.05, 0) is 48.6 Å². The molecule has 0 atom stereocenters. The van der Waals surface area contributed by atoms with Crippen LogP contribution in [0.5, 0.6) is 0 Å². The second-order valence-corrected chi connectivity index (χ2v) is 9.23. The monoisotopic (exact) mass is 572 g/mol. The van der Waals surface area contributed by atoms with Crippen molar-refractivity contribution in [1.29, 1.82) is 0 Å². The number of hydrogen-bond donors (Lipinski definition) is 0. The number of Topliss-reactive ketones (excluding diaryl/α,β-unsaturated/α-hetero) is 1. The summed E-state index contributed by atoms with van der Waals surface area (Å²) < 4.78 is 135. The number of carbonyl (C=O) groups is 1. The maximum Gasteiger partial charge on any atom is 0.435 e. The fourth-order valence-electron chi connectivity index (χ4n) is 3.88. The van der Waals surface area contributed by atoms with E-state index in [9.17, 15) is 48.7 Å². The first-order chi connectivity index (χ1) is 17.4. The number of halogens is 11. The lowest BCUT2D eigenvalue weighted by molar-refractivity contribution is -0.348.